The fourth-order valence-electron chi connectivity index (χ4n) is 4.33. The van der Waals surface area contributed by atoms with Gasteiger partial charge in [-0.2, -0.15) is 5.10 Å². The number of rotatable bonds is 10. The van der Waals surface area contributed by atoms with Crippen LogP contribution < -0.4 is 20.2 Å². The third-order valence-corrected chi connectivity index (χ3v) is 6.09. The van der Waals surface area contributed by atoms with Crippen LogP contribution in [-0.4, -0.2) is 31.3 Å². The highest BCUT2D eigenvalue weighted by Gasteiger charge is 2.13. The van der Waals surface area contributed by atoms with E-state index in [1.165, 1.54) is 30.0 Å². The lowest BCUT2D eigenvalue weighted by Gasteiger charge is -2.22. The maximum absolute atomic E-state index is 12.1. The SMILES string of the molecule is CCOc1cc(/C=N\NC(=O)CNC2CCCCC2)ccc1OCc1cccc2ccccc12. The van der Waals surface area contributed by atoms with Crippen LogP contribution in [0.3, 0.4) is 0 Å². The lowest BCUT2D eigenvalue weighted by molar-refractivity contribution is -0.120. The van der Waals surface area contributed by atoms with Crippen molar-refractivity contribution in [2.75, 3.05) is 13.2 Å². The zero-order valence-corrected chi connectivity index (χ0v) is 19.8. The Bertz CT molecular complexity index is 1120. The minimum absolute atomic E-state index is 0.137. The Balaban J connectivity index is 1.34. The van der Waals surface area contributed by atoms with Crippen LogP contribution in [0.25, 0.3) is 10.8 Å². The Kier molecular flexibility index (Phi) is 8.52. The number of hydrogen-bond acceptors (Lipinski definition) is 5. The monoisotopic (exact) mass is 459 g/mol. The molecule has 0 aliphatic heterocycles. The zero-order valence-electron chi connectivity index (χ0n) is 19.8. The Labute approximate surface area is 201 Å². The largest absolute Gasteiger partial charge is 0.490 e. The predicted octanol–water partition coefficient (Wildman–Crippen LogP) is 5.19. The van der Waals surface area contributed by atoms with Gasteiger partial charge in [0.1, 0.15) is 6.61 Å². The quantitative estimate of drug-likeness (QED) is 0.323. The highest BCUT2D eigenvalue weighted by atomic mass is 16.5. The molecule has 1 saturated carbocycles. The summed E-state index contributed by atoms with van der Waals surface area (Å²) in [5, 5.41) is 9.79. The summed E-state index contributed by atoms with van der Waals surface area (Å²) in [6, 6.07) is 20.6. The molecule has 1 fully saturated rings. The van der Waals surface area contributed by atoms with Crippen molar-refractivity contribution in [3.05, 3.63) is 71.8 Å². The van der Waals surface area contributed by atoms with E-state index in [2.05, 4.69) is 40.1 Å². The number of hydrogen-bond donors (Lipinski definition) is 2. The lowest BCUT2D eigenvalue weighted by atomic mass is 9.95. The normalized spacial score (nSPS) is 14.4. The van der Waals surface area contributed by atoms with Crippen molar-refractivity contribution in [3.8, 4) is 11.5 Å². The summed E-state index contributed by atoms with van der Waals surface area (Å²) < 4.78 is 11.9. The standard InChI is InChI=1S/C28H33N3O3/c1-2-33-27-17-21(18-30-31-28(32)19-29-24-12-4-3-5-13-24)15-16-26(27)34-20-23-11-8-10-22-9-6-7-14-25(22)23/h6-11,14-18,24,29H,2-5,12-13,19-20H2,1H3,(H,31,32)/b30-18-. The lowest BCUT2D eigenvalue weighted by Crippen LogP contribution is -2.38. The first-order valence-electron chi connectivity index (χ1n) is 12.1. The number of nitrogens with zero attached hydrogens (tertiary/aromatic N) is 1. The fraction of sp³-hybridized carbons (Fsp3) is 0.357. The molecule has 1 aliphatic rings. The Hall–Kier alpha value is -3.38. The van der Waals surface area contributed by atoms with E-state index in [0.29, 0.717) is 30.8 Å². The molecule has 3 aromatic rings. The summed E-state index contributed by atoms with van der Waals surface area (Å²) in [6.45, 7) is 3.19. The molecule has 3 aromatic carbocycles. The number of nitrogens with one attached hydrogen (secondary N) is 2. The molecule has 178 valence electrons. The van der Waals surface area contributed by atoms with Crippen molar-refractivity contribution in [3.63, 3.8) is 0 Å². The molecule has 0 spiro atoms. The molecule has 0 aromatic heterocycles. The number of fused-ring (bicyclic) bond motifs is 1. The smallest absolute Gasteiger partial charge is 0.254 e. The zero-order chi connectivity index (χ0) is 23.6. The van der Waals surface area contributed by atoms with Crippen molar-refractivity contribution in [1.82, 2.24) is 10.7 Å². The summed E-state index contributed by atoms with van der Waals surface area (Å²) >= 11 is 0. The van der Waals surface area contributed by atoms with Crippen molar-refractivity contribution < 1.29 is 14.3 Å². The Morgan fingerprint density at radius 1 is 1.00 bits per heavy atom. The number of hydrazone groups is 1. The maximum Gasteiger partial charge on any atom is 0.254 e. The van der Waals surface area contributed by atoms with Crippen molar-refractivity contribution in [2.24, 2.45) is 5.10 Å². The van der Waals surface area contributed by atoms with Crippen LogP contribution in [0.5, 0.6) is 11.5 Å². The van der Waals surface area contributed by atoms with E-state index >= 15 is 0 Å². The first-order chi connectivity index (χ1) is 16.7. The van der Waals surface area contributed by atoms with E-state index in [1.54, 1.807) is 6.21 Å². The van der Waals surface area contributed by atoms with Crippen molar-refractivity contribution in [1.29, 1.82) is 0 Å². The average molecular weight is 460 g/mol. The second-order valence-corrected chi connectivity index (χ2v) is 8.58. The molecule has 0 heterocycles. The maximum atomic E-state index is 12.1. The minimum Gasteiger partial charge on any atom is -0.490 e. The molecule has 2 N–H and O–H groups in total. The first kappa shape index (κ1) is 23.8. The van der Waals surface area contributed by atoms with Gasteiger partial charge in [-0.25, -0.2) is 5.43 Å². The number of ether oxygens (including phenoxy) is 2. The molecule has 6 heteroatoms. The number of carbonyl (C=O) groups is 1. The number of amides is 1. The third kappa shape index (κ3) is 6.58. The molecule has 0 radical (unpaired) electrons. The second kappa shape index (κ2) is 12.2. The van der Waals surface area contributed by atoms with Crippen LogP contribution in [0.15, 0.2) is 65.8 Å². The molecule has 0 saturated heterocycles. The van der Waals surface area contributed by atoms with Gasteiger partial charge in [0.15, 0.2) is 11.5 Å². The van der Waals surface area contributed by atoms with Gasteiger partial charge in [-0.3, -0.25) is 4.79 Å². The molecule has 0 atom stereocenters. The summed E-state index contributed by atoms with van der Waals surface area (Å²) in [4.78, 5) is 12.1. The number of carbonyl (C=O) groups excluding carboxylic acids is 1. The number of benzene rings is 3. The summed E-state index contributed by atoms with van der Waals surface area (Å²) in [5.74, 6) is 1.19. The van der Waals surface area contributed by atoms with Crippen LogP contribution in [0, 0.1) is 0 Å². The van der Waals surface area contributed by atoms with Gasteiger partial charge in [-0.1, -0.05) is 61.7 Å². The molecule has 1 aliphatic carbocycles. The Morgan fingerprint density at radius 2 is 1.82 bits per heavy atom. The molecule has 34 heavy (non-hydrogen) atoms. The topological polar surface area (TPSA) is 72.0 Å². The van der Waals surface area contributed by atoms with Crippen LogP contribution in [0.4, 0.5) is 0 Å². The molecule has 1 amide bonds. The van der Waals surface area contributed by atoms with Gasteiger partial charge in [0.2, 0.25) is 0 Å². The van der Waals surface area contributed by atoms with Gasteiger partial charge in [-0.15, -0.1) is 0 Å². The van der Waals surface area contributed by atoms with Gasteiger partial charge in [0.25, 0.3) is 5.91 Å². The summed E-state index contributed by atoms with van der Waals surface area (Å²) in [5.41, 5.74) is 4.54. The summed E-state index contributed by atoms with van der Waals surface area (Å²) in [7, 11) is 0. The fourth-order valence-corrected chi connectivity index (χ4v) is 4.33. The van der Waals surface area contributed by atoms with Gasteiger partial charge in [-0.05, 0) is 59.9 Å². The molecule has 4 rings (SSSR count). The average Bonchev–Trinajstić information content (AvgIpc) is 2.88. The Morgan fingerprint density at radius 3 is 2.68 bits per heavy atom. The van der Waals surface area contributed by atoms with Crippen LogP contribution in [0.2, 0.25) is 0 Å². The van der Waals surface area contributed by atoms with Crippen LogP contribution in [0.1, 0.15) is 50.2 Å². The second-order valence-electron chi connectivity index (χ2n) is 8.58. The van der Waals surface area contributed by atoms with Gasteiger partial charge in [0, 0.05) is 6.04 Å². The van der Waals surface area contributed by atoms with E-state index in [0.717, 1.165) is 24.0 Å². The van der Waals surface area contributed by atoms with Gasteiger partial charge >= 0.3 is 0 Å². The van der Waals surface area contributed by atoms with Gasteiger partial charge in [0.05, 0.1) is 19.4 Å². The molecular formula is C28H33N3O3. The van der Waals surface area contributed by atoms with Crippen molar-refractivity contribution >= 4 is 22.9 Å². The van der Waals surface area contributed by atoms with E-state index in [4.69, 9.17) is 9.47 Å². The predicted molar refractivity (Wildman–Crippen MR) is 137 cm³/mol. The van der Waals surface area contributed by atoms with Crippen LogP contribution in [-0.2, 0) is 11.4 Å². The van der Waals surface area contributed by atoms with E-state index in [1.807, 2.05) is 43.3 Å². The highest BCUT2D eigenvalue weighted by Crippen LogP contribution is 2.30. The van der Waals surface area contributed by atoms with Crippen LogP contribution >= 0.6 is 0 Å². The van der Waals surface area contributed by atoms with E-state index in [-0.39, 0.29) is 12.5 Å². The van der Waals surface area contributed by atoms with E-state index in [9.17, 15) is 4.79 Å². The van der Waals surface area contributed by atoms with Gasteiger partial charge < -0.3 is 14.8 Å². The molecule has 0 bridgehead atoms. The molecule has 6 nitrogen and oxygen atoms in total. The summed E-state index contributed by atoms with van der Waals surface area (Å²) in [6.07, 6.45) is 7.68. The van der Waals surface area contributed by atoms with E-state index < -0.39 is 0 Å². The third-order valence-electron chi connectivity index (χ3n) is 6.09. The highest BCUT2D eigenvalue weighted by molar-refractivity contribution is 5.86. The molecular weight excluding hydrogens is 426 g/mol. The first-order valence-corrected chi connectivity index (χ1v) is 12.1. The molecule has 0 unspecified atom stereocenters. The van der Waals surface area contributed by atoms with Crippen molar-refractivity contribution in [2.45, 2.75) is 51.7 Å². The minimum atomic E-state index is -0.137.